The highest BCUT2D eigenvalue weighted by Crippen LogP contribution is 2.28. The molecule has 0 aliphatic rings. The largest absolute Gasteiger partial charge is 0.453 e. The number of rotatable bonds is 7. The Morgan fingerprint density at radius 3 is 2.89 bits per heavy atom. The average molecular weight is 283 g/mol. The van der Waals surface area contributed by atoms with Gasteiger partial charge in [-0.05, 0) is 37.1 Å². The van der Waals surface area contributed by atoms with Crippen LogP contribution >= 0.6 is 11.6 Å². The molecule has 2 rings (SSSR count). The van der Waals surface area contributed by atoms with Crippen molar-refractivity contribution < 1.29 is 4.42 Å². The summed E-state index contributed by atoms with van der Waals surface area (Å²) >= 11 is 6.10. The van der Waals surface area contributed by atoms with Gasteiger partial charge in [-0.1, -0.05) is 19.1 Å². The zero-order valence-corrected chi connectivity index (χ0v) is 12.0. The maximum Gasteiger partial charge on any atom is 0.198 e. The van der Waals surface area contributed by atoms with Crippen LogP contribution in [-0.4, -0.2) is 21.5 Å². The molecular weight excluding hydrogens is 264 g/mol. The molecule has 0 fully saturated rings. The molecule has 2 heterocycles. The highest BCUT2D eigenvalue weighted by Gasteiger charge is 2.22. The van der Waals surface area contributed by atoms with Crippen molar-refractivity contribution >= 4 is 11.6 Å². The zero-order chi connectivity index (χ0) is 13.7. The summed E-state index contributed by atoms with van der Waals surface area (Å²) in [5, 5.41) is 12.0. The Bertz CT molecular complexity index is 508. The van der Waals surface area contributed by atoms with Gasteiger partial charge in [0.2, 0.25) is 0 Å². The summed E-state index contributed by atoms with van der Waals surface area (Å²) < 4.78 is 7.11. The maximum atomic E-state index is 6.10. The fourth-order valence-electron chi connectivity index (χ4n) is 2.05. The molecule has 0 aromatic carbocycles. The number of nitrogens with zero attached hydrogens (tertiary/aromatic N) is 3. The average Bonchev–Trinajstić information content (AvgIpc) is 3.01. The third-order valence-corrected chi connectivity index (χ3v) is 3.24. The third-order valence-electron chi connectivity index (χ3n) is 2.93. The van der Waals surface area contributed by atoms with Crippen LogP contribution in [0.5, 0.6) is 0 Å². The minimum Gasteiger partial charge on any atom is -0.453 e. The predicted octanol–water partition coefficient (Wildman–Crippen LogP) is 3.02. The van der Waals surface area contributed by atoms with E-state index in [0.29, 0.717) is 5.22 Å². The van der Waals surface area contributed by atoms with Crippen molar-refractivity contribution in [1.29, 1.82) is 0 Å². The molecule has 2 aromatic rings. The van der Waals surface area contributed by atoms with Crippen molar-refractivity contribution in [1.82, 2.24) is 20.3 Å². The number of hydrogen-bond acceptors (Lipinski definition) is 4. The molecular formula is C13H19ClN4O. The summed E-state index contributed by atoms with van der Waals surface area (Å²) in [6, 6.07) is 1.85. The molecule has 0 spiro atoms. The van der Waals surface area contributed by atoms with Gasteiger partial charge in [0.25, 0.3) is 0 Å². The fraction of sp³-hybridized carbons (Fsp3) is 0.538. The molecule has 0 bridgehead atoms. The highest BCUT2D eigenvalue weighted by atomic mass is 35.5. The number of aryl methyl sites for hydroxylation is 1. The fourth-order valence-corrected chi connectivity index (χ4v) is 2.27. The van der Waals surface area contributed by atoms with Crippen LogP contribution in [0.2, 0.25) is 5.22 Å². The van der Waals surface area contributed by atoms with Gasteiger partial charge in [0.1, 0.15) is 0 Å². The molecule has 0 saturated heterocycles. The molecule has 0 amide bonds. The molecule has 2 aromatic heterocycles. The van der Waals surface area contributed by atoms with Crippen molar-refractivity contribution in [2.24, 2.45) is 0 Å². The van der Waals surface area contributed by atoms with Gasteiger partial charge < -0.3 is 9.73 Å². The summed E-state index contributed by atoms with van der Waals surface area (Å²) in [4.78, 5) is 0. The molecule has 1 N–H and O–H groups in total. The number of aromatic nitrogens is 3. The van der Waals surface area contributed by atoms with Crippen molar-refractivity contribution in [3.63, 3.8) is 0 Å². The Morgan fingerprint density at radius 2 is 2.26 bits per heavy atom. The Balaban J connectivity index is 2.31. The predicted molar refractivity (Wildman–Crippen MR) is 74.2 cm³/mol. The van der Waals surface area contributed by atoms with Gasteiger partial charge in [0.05, 0.1) is 24.2 Å². The first kappa shape index (κ1) is 14.1. The third kappa shape index (κ3) is 3.16. The second kappa shape index (κ2) is 6.73. The van der Waals surface area contributed by atoms with E-state index in [-0.39, 0.29) is 6.04 Å². The summed E-state index contributed by atoms with van der Waals surface area (Å²) in [6.07, 6.45) is 5.44. The van der Waals surface area contributed by atoms with E-state index in [1.807, 2.05) is 10.7 Å². The second-order valence-corrected chi connectivity index (χ2v) is 4.76. The van der Waals surface area contributed by atoms with Crippen LogP contribution in [0.15, 0.2) is 22.9 Å². The van der Waals surface area contributed by atoms with E-state index in [0.717, 1.165) is 37.2 Å². The Morgan fingerprint density at radius 1 is 1.42 bits per heavy atom. The van der Waals surface area contributed by atoms with Gasteiger partial charge in [-0.15, -0.1) is 5.10 Å². The van der Waals surface area contributed by atoms with Crippen LogP contribution < -0.4 is 5.32 Å². The molecule has 19 heavy (non-hydrogen) atoms. The van der Waals surface area contributed by atoms with Crippen molar-refractivity contribution in [3.8, 4) is 0 Å². The first-order valence-electron chi connectivity index (χ1n) is 6.62. The lowest BCUT2D eigenvalue weighted by atomic mass is 10.1. The minimum absolute atomic E-state index is 0.0345. The summed E-state index contributed by atoms with van der Waals surface area (Å²) in [7, 11) is 0. The molecule has 0 saturated carbocycles. The van der Waals surface area contributed by atoms with Crippen LogP contribution in [0, 0.1) is 0 Å². The van der Waals surface area contributed by atoms with Gasteiger partial charge in [0.15, 0.2) is 5.22 Å². The topological polar surface area (TPSA) is 55.9 Å². The van der Waals surface area contributed by atoms with Gasteiger partial charge in [0, 0.05) is 12.1 Å². The van der Waals surface area contributed by atoms with E-state index in [4.69, 9.17) is 16.0 Å². The van der Waals surface area contributed by atoms with Crippen LogP contribution in [0.1, 0.15) is 44.0 Å². The van der Waals surface area contributed by atoms with E-state index in [9.17, 15) is 0 Å². The zero-order valence-electron chi connectivity index (χ0n) is 11.3. The van der Waals surface area contributed by atoms with E-state index in [1.165, 1.54) is 0 Å². The first-order valence-corrected chi connectivity index (χ1v) is 7.00. The van der Waals surface area contributed by atoms with E-state index in [2.05, 4.69) is 29.5 Å². The molecule has 104 valence electrons. The Kier molecular flexibility index (Phi) is 4.99. The molecule has 1 atom stereocenters. The number of hydrogen-bond donors (Lipinski definition) is 1. The van der Waals surface area contributed by atoms with Crippen LogP contribution in [0.3, 0.4) is 0 Å². The van der Waals surface area contributed by atoms with Crippen LogP contribution in [-0.2, 0) is 6.54 Å². The van der Waals surface area contributed by atoms with E-state index < -0.39 is 0 Å². The lowest BCUT2D eigenvalue weighted by molar-refractivity contribution is 0.498. The van der Waals surface area contributed by atoms with Gasteiger partial charge in [-0.3, -0.25) is 0 Å². The lowest BCUT2D eigenvalue weighted by Crippen LogP contribution is -2.25. The van der Waals surface area contributed by atoms with E-state index >= 15 is 0 Å². The molecule has 0 aliphatic carbocycles. The van der Waals surface area contributed by atoms with Gasteiger partial charge in [-0.2, -0.15) is 0 Å². The van der Waals surface area contributed by atoms with Crippen molar-refractivity contribution in [2.45, 2.75) is 39.3 Å². The normalized spacial score (nSPS) is 12.8. The van der Waals surface area contributed by atoms with Crippen molar-refractivity contribution in [3.05, 3.63) is 35.0 Å². The standard InChI is InChI=1S/C13H19ClN4O/c1-3-6-15-12(10-5-8-19-13(10)14)11-9-16-17-18(11)7-4-2/h5,8-9,12,15H,3-4,6-7H2,1-2H3. The summed E-state index contributed by atoms with van der Waals surface area (Å²) in [6.45, 7) is 5.98. The maximum absolute atomic E-state index is 6.10. The Labute approximate surface area is 117 Å². The molecule has 6 heteroatoms. The number of halogens is 1. The SMILES string of the molecule is CCCNC(c1ccoc1Cl)c1cnnn1CCC. The van der Waals surface area contributed by atoms with Crippen molar-refractivity contribution in [2.75, 3.05) is 6.54 Å². The molecule has 5 nitrogen and oxygen atoms in total. The van der Waals surface area contributed by atoms with Gasteiger partial charge >= 0.3 is 0 Å². The molecule has 0 radical (unpaired) electrons. The summed E-state index contributed by atoms with van der Waals surface area (Å²) in [5.74, 6) is 0. The molecule has 0 aliphatic heterocycles. The number of nitrogens with one attached hydrogen (secondary N) is 1. The second-order valence-electron chi connectivity index (χ2n) is 4.42. The first-order chi connectivity index (χ1) is 9.27. The minimum atomic E-state index is -0.0345. The van der Waals surface area contributed by atoms with Gasteiger partial charge in [-0.25, -0.2) is 4.68 Å². The smallest absolute Gasteiger partial charge is 0.198 e. The van der Waals surface area contributed by atoms with Crippen LogP contribution in [0.4, 0.5) is 0 Å². The monoisotopic (exact) mass is 282 g/mol. The molecule has 1 unspecified atom stereocenters. The quantitative estimate of drug-likeness (QED) is 0.848. The highest BCUT2D eigenvalue weighted by molar-refractivity contribution is 6.29. The lowest BCUT2D eigenvalue weighted by Gasteiger charge is -2.18. The van der Waals surface area contributed by atoms with Crippen LogP contribution in [0.25, 0.3) is 0 Å². The number of furan rings is 1. The Hall–Kier alpha value is -1.33. The van der Waals surface area contributed by atoms with E-state index in [1.54, 1.807) is 12.5 Å². The summed E-state index contributed by atoms with van der Waals surface area (Å²) in [5.41, 5.74) is 1.94.